The summed E-state index contributed by atoms with van der Waals surface area (Å²) in [5.41, 5.74) is 7.12. The Morgan fingerprint density at radius 3 is 1.90 bits per heavy atom. The van der Waals surface area contributed by atoms with Crippen LogP contribution in [0.4, 0.5) is 11.4 Å². The Kier molecular flexibility index (Phi) is 4.54. The molecule has 1 aliphatic heterocycles. The average Bonchev–Trinajstić information content (AvgIpc) is 2.77. The summed E-state index contributed by atoms with van der Waals surface area (Å²) < 4.78 is 14.3. The monoisotopic (exact) mass is 413 g/mol. The molecular weight excluding hydrogens is 384 g/mol. The molecule has 5 rings (SSSR count). The number of fused-ring (bicyclic) bond motifs is 4. The number of anilines is 2. The lowest BCUT2D eigenvalue weighted by Crippen LogP contribution is -2.39. The molecule has 31 heavy (non-hydrogen) atoms. The minimum atomic E-state index is 0.297. The van der Waals surface area contributed by atoms with Crippen LogP contribution in [0.15, 0.2) is 54.6 Å². The average molecular weight is 414 g/mol. The fourth-order valence-electron chi connectivity index (χ4n) is 5.22. The number of pyridine rings is 1. The van der Waals surface area contributed by atoms with Crippen molar-refractivity contribution in [3.8, 4) is 22.6 Å². The maximum atomic E-state index is 5.91. The molecule has 1 aromatic heterocycles. The number of rotatable bonds is 4. The second-order valence-corrected chi connectivity index (χ2v) is 8.68. The molecule has 3 aromatic carbocycles. The summed E-state index contributed by atoms with van der Waals surface area (Å²) >= 11 is 0. The number of nitrogens with zero attached hydrogens (tertiary/aromatic N) is 2. The molecule has 0 N–H and O–H groups in total. The van der Waals surface area contributed by atoms with Crippen molar-refractivity contribution in [3.63, 3.8) is 0 Å². The van der Waals surface area contributed by atoms with Gasteiger partial charge >= 0.3 is 0 Å². The van der Waals surface area contributed by atoms with E-state index in [1.807, 2.05) is 0 Å². The van der Waals surface area contributed by atoms with Gasteiger partial charge in [0.2, 0.25) is 11.0 Å². The molecule has 4 heteroatoms. The summed E-state index contributed by atoms with van der Waals surface area (Å²) in [6, 6.07) is 19.9. The lowest BCUT2D eigenvalue weighted by Gasteiger charge is -2.36. The van der Waals surface area contributed by atoms with Crippen LogP contribution in [0.25, 0.3) is 32.9 Å². The van der Waals surface area contributed by atoms with Crippen LogP contribution in [0.1, 0.15) is 33.7 Å². The summed E-state index contributed by atoms with van der Waals surface area (Å²) in [7, 11) is 3.51. The van der Waals surface area contributed by atoms with Crippen molar-refractivity contribution >= 4 is 33.2 Å². The maximum absolute atomic E-state index is 5.91. The van der Waals surface area contributed by atoms with E-state index in [0.717, 1.165) is 22.4 Å². The molecule has 2 heterocycles. The first-order valence-corrected chi connectivity index (χ1v) is 10.9. The van der Waals surface area contributed by atoms with Crippen LogP contribution in [0.2, 0.25) is 0 Å². The summed E-state index contributed by atoms with van der Waals surface area (Å²) in [5, 5.41) is 2.38. The van der Waals surface area contributed by atoms with Crippen LogP contribution < -0.4 is 18.9 Å². The van der Waals surface area contributed by atoms with E-state index in [4.69, 9.17) is 9.47 Å². The molecule has 0 atom stereocenters. The largest absolute Gasteiger partial charge is 0.496 e. The third-order valence-electron chi connectivity index (χ3n) is 6.29. The lowest BCUT2D eigenvalue weighted by molar-refractivity contribution is -0.666. The Balaban J connectivity index is 2.14. The van der Waals surface area contributed by atoms with E-state index in [1.165, 1.54) is 33.4 Å². The SMILES string of the molecule is COc1cccc2c1-c1c3c(OC)cccc3[n+](C(C)C)c3cccc(c13)N2C(C)C. The van der Waals surface area contributed by atoms with Gasteiger partial charge < -0.3 is 14.4 Å². The van der Waals surface area contributed by atoms with Crippen LogP contribution in [0.3, 0.4) is 0 Å². The molecule has 0 radical (unpaired) electrons. The van der Waals surface area contributed by atoms with E-state index in [1.54, 1.807) is 14.2 Å². The van der Waals surface area contributed by atoms with E-state index < -0.39 is 0 Å². The summed E-state index contributed by atoms with van der Waals surface area (Å²) in [4.78, 5) is 2.43. The van der Waals surface area contributed by atoms with E-state index in [2.05, 4.69) is 91.8 Å². The van der Waals surface area contributed by atoms with Gasteiger partial charge in [-0.2, -0.15) is 4.57 Å². The highest BCUT2D eigenvalue weighted by molar-refractivity contribution is 6.20. The highest BCUT2D eigenvalue weighted by Gasteiger charge is 2.35. The molecule has 158 valence electrons. The van der Waals surface area contributed by atoms with Gasteiger partial charge in [-0.15, -0.1) is 0 Å². The smallest absolute Gasteiger partial charge is 0.217 e. The number of aromatic nitrogens is 1. The maximum Gasteiger partial charge on any atom is 0.217 e. The Morgan fingerprint density at radius 2 is 1.26 bits per heavy atom. The molecule has 0 aliphatic carbocycles. The molecular formula is C27H29N2O2+. The van der Waals surface area contributed by atoms with Crippen molar-refractivity contribution in [2.24, 2.45) is 0 Å². The van der Waals surface area contributed by atoms with Crippen molar-refractivity contribution in [1.29, 1.82) is 0 Å². The van der Waals surface area contributed by atoms with Crippen LogP contribution in [-0.4, -0.2) is 20.3 Å². The molecule has 0 saturated carbocycles. The lowest BCUT2D eigenvalue weighted by atomic mass is 9.88. The van der Waals surface area contributed by atoms with E-state index >= 15 is 0 Å². The number of benzene rings is 3. The summed E-state index contributed by atoms with van der Waals surface area (Å²) in [6.45, 7) is 8.97. The van der Waals surface area contributed by atoms with Gasteiger partial charge in [-0.1, -0.05) is 18.2 Å². The Hall–Kier alpha value is -3.27. The van der Waals surface area contributed by atoms with Crippen molar-refractivity contribution < 1.29 is 14.0 Å². The van der Waals surface area contributed by atoms with Gasteiger partial charge in [0.05, 0.1) is 36.4 Å². The van der Waals surface area contributed by atoms with Crippen LogP contribution >= 0.6 is 0 Å². The molecule has 0 bridgehead atoms. The zero-order valence-electron chi connectivity index (χ0n) is 19.1. The first-order chi connectivity index (χ1) is 15.0. The van der Waals surface area contributed by atoms with Crippen LogP contribution in [0.5, 0.6) is 11.5 Å². The normalized spacial score (nSPS) is 12.7. The highest BCUT2D eigenvalue weighted by atomic mass is 16.5. The molecule has 0 amide bonds. The number of hydrogen-bond acceptors (Lipinski definition) is 3. The van der Waals surface area contributed by atoms with Crippen molar-refractivity contribution in [2.45, 2.75) is 39.8 Å². The quantitative estimate of drug-likeness (QED) is 0.286. The van der Waals surface area contributed by atoms with Crippen molar-refractivity contribution in [3.05, 3.63) is 54.6 Å². The fraction of sp³-hybridized carbons (Fsp3) is 0.296. The topological polar surface area (TPSA) is 25.6 Å². The van der Waals surface area contributed by atoms with Gasteiger partial charge in [0.1, 0.15) is 11.5 Å². The van der Waals surface area contributed by atoms with Gasteiger partial charge in [0.25, 0.3) is 0 Å². The third kappa shape index (κ3) is 2.64. The molecule has 0 spiro atoms. The van der Waals surface area contributed by atoms with E-state index in [0.29, 0.717) is 12.1 Å². The second-order valence-electron chi connectivity index (χ2n) is 8.68. The summed E-state index contributed by atoms with van der Waals surface area (Å²) in [5.74, 6) is 1.77. The van der Waals surface area contributed by atoms with E-state index in [9.17, 15) is 0 Å². The van der Waals surface area contributed by atoms with Gasteiger partial charge in [0.15, 0.2) is 6.04 Å². The van der Waals surface area contributed by atoms with Gasteiger partial charge in [-0.05, 0) is 52.0 Å². The zero-order valence-corrected chi connectivity index (χ0v) is 19.1. The minimum Gasteiger partial charge on any atom is -0.496 e. The van der Waals surface area contributed by atoms with Crippen molar-refractivity contribution in [1.82, 2.24) is 0 Å². The molecule has 0 unspecified atom stereocenters. The molecule has 4 aromatic rings. The minimum absolute atomic E-state index is 0.297. The van der Waals surface area contributed by atoms with Gasteiger partial charge in [-0.25, -0.2) is 0 Å². The van der Waals surface area contributed by atoms with Crippen LogP contribution in [-0.2, 0) is 0 Å². The Labute approximate surface area is 183 Å². The molecule has 0 saturated heterocycles. The van der Waals surface area contributed by atoms with Crippen molar-refractivity contribution in [2.75, 3.05) is 19.1 Å². The third-order valence-corrected chi connectivity index (χ3v) is 6.29. The number of ether oxygens (including phenoxy) is 2. The standard InChI is InChI=1S/C27H29N2O2/c1-16(2)28-18-10-7-11-19-24(18)27(25-20(28)12-8-14-22(25)30-5)26-21(29(19)17(3)4)13-9-15-23(26)31-6/h7-17H,1-6H3/q+1. The Morgan fingerprint density at radius 1 is 0.677 bits per heavy atom. The molecule has 0 fully saturated rings. The highest BCUT2D eigenvalue weighted by Crippen LogP contribution is 2.54. The number of methoxy groups -OCH3 is 2. The number of hydrogen-bond donors (Lipinski definition) is 0. The first-order valence-electron chi connectivity index (χ1n) is 10.9. The Bertz CT molecular complexity index is 1320. The van der Waals surface area contributed by atoms with Crippen LogP contribution in [0, 0.1) is 0 Å². The predicted octanol–water partition coefficient (Wildman–Crippen LogP) is 6.41. The zero-order chi connectivity index (χ0) is 21.9. The van der Waals surface area contributed by atoms with Gasteiger partial charge in [-0.3, -0.25) is 0 Å². The summed E-state index contributed by atoms with van der Waals surface area (Å²) in [6.07, 6.45) is 0. The first kappa shape index (κ1) is 19.7. The fourth-order valence-corrected chi connectivity index (χ4v) is 5.22. The predicted molar refractivity (Wildman–Crippen MR) is 128 cm³/mol. The molecule has 4 nitrogen and oxygen atoms in total. The van der Waals surface area contributed by atoms with E-state index in [-0.39, 0.29) is 0 Å². The second kappa shape index (κ2) is 7.16. The van der Waals surface area contributed by atoms with Gasteiger partial charge in [0, 0.05) is 29.3 Å². The molecule has 1 aliphatic rings.